The first-order valence-electron chi connectivity index (χ1n) is 7.61. The van der Waals surface area contributed by atoms with Crippen molar-refractivity contribution < 1.29 is 9.53 Å². The van der Waals surface area contributed by atoms with Crippen molar-refractivity contribution in [3.05, 3.63) is 46.4 Å². The molecule has 1 aromatic carbocycles. The Hall–Kier alpha value is -2.06. The molecule has 8 heteroatoms. The van der Waals surface area contributed by atoms with Gasteiger partial charge >= 0.3 is 5.69 Å². The van der Waals surface area contributed by atoms with Gasteiger partial charge < -0.3 is 9.64 Å². The van der Waals surface area contributed by atoms with Crippen molar-refractivity contribution in [1.29, 1.82) is 0 Å². The Kier molecular flexibility index (Phi) is 6.62. The smallest absolute Gasteiger partial charge is 0.343 e. The summed E-state index contributed by atoms with van der Waals surface area (Å²) in [4.78, 5) is 26.1. The van der Waals surface area contributed by atoms with Gasteiger partial charge in [-0.25, -0.2) is 9.89 Å². The number of methoxy groups -OCH3 is 1. The highest BCUT2D eigenvalue weighted by atomic mass is 32.2. The van der Waals surface area contributed by atoms with Gasteiger partial charge in [0.15, 0.2) is 5.16 Å². The van der Waals surface area contributed by atoms with Crippen LogP contribution in [0.2, 0.25) is 0 Å². The second-order valence-electron chi connectivity index (χ2n) is 5.45. The summed E-state index contributed by atoms with van der Waals surface area (Å²) in [6.07, 6.45) is 0.696. The molecule has 130 valence electrons. The maximum absolute atomic E-state index is 12.6. The molecule has 1 unspecified atom stereocenters. The lowest BCUT2D eigenvalue weighted by Crippen LogP contribution is -2.27. The van der Waals surface area contributed by atoms with Crippen molar-refractivity contribution in [2.45, 2.75) is 23.4 Å². The van der Waals surface area contributed by atoms with Gasteiger partial charge in [-0.2, -0.15) is 0 Å². The van der Waals surface area contributed by atoms with Crippen molar-refractivity contribution in [2.75, 3.05) is 27.8 Å². The van der Waals surface area contributed by atoms with E-state index in [4.69, 9.17) is 4.74 Å². The number of nitrogens with zero attached hydrogens (tertiary/aromatic N) is 3. The number of amides is 1. The Bertz CT molecular complexity index is 712. The number of H-pyrrole nitrogens is 1. The number of carbonyl (C=O) groups excluding carboxylic acids is 1. The van der Waals surface area contributed by atoms with Gasteiger partial charge in [-0.1, -0.05) is 42.1 Å². The molecule has 0 saturated heterocycles. The molecule has 1 amide bonds. The highest BCUT2D eigenvalue weighted by molar-refractivity contribution is 8.00. The third kappa shape index (κ3) is 4.48. The molecular weight excluding hydrogens is 328 g/mol. The van der Waals surface area contributed by atoms with Crippen molar-refractivity contribution in [1.82, 2.24) is 19.7 Å². The topological polar surface area (TPSA) is 80.2 Å². The Labute approximate surface area is 145 Å². The minimum atomic E-state index is -0.461. The largest absolute Gasteiger partial charge is 0.385 e. The molecule has 0 spiro atoms. The summed E-state index contributed by atoms with van der Waals surface area (Å²) in [5, 5.41) is 6.58. The molecule has 0 bridgehead atoms. The standard InChI is InChI=1S/C16H22N4O3S/c1-19(2)14(21)13(12-8-5-4-6-9-12)24-16-18-17-15(22)20(16)10-7-11-23-3/h4-6,8-9,13H,7,10-11H2,1-3H3,(H,17,22). The van der Waals surface area contributed by atoms with Crippen molar-refractivity contribution >= 4 is 17.7 Å². The fourth-order valence-electron chi connectivity index (χ4n) is 2.19. The van der Waals surface area contributed by atoms with Gasteiger partial charge in [-0.15, -0.1) is 5.10 Å². The van der Waals surface area contributed by atoms with E-state index in [1.54, 1.807) is 30.7 Å². The molecule has 0 aliphatic carbocycles. The summed E-state index contributed by atoms with van der Waals surface area (Å²) < 4.78 is 6.57. The monoisotopic (exact) mass is 350 g/mol. The molecule has 0 radical (unpaired) electrons. The van der Waals surface area contributed by atoms with E-state index in [-0.39, 0.29) is 11.6 Å². The van der Waals surface area contributed by atoms with Crippen LogP contribution >= 0.6 is 11.8 Å². The van der Waals surface area contributed by atoms with Gasteiger partial charge in [-0.05, 0) is 12.0 Å². The van der Waals surface area contributed by atoms with E-state index in [9.17, 15) is 9.59 Å². The van der Waals surface area contributed by atoms with Gasteiger partial charge in [0, 0.05) is 34.4 Å². The Morgan fingerprint density at radius 1 is 1.38 bits per heavy atom. The van der Waals surface area contributed by atoms with Crippen molar-refractivity contribution in [2.24, 2.45) is 0 Å². The molecule has 1 N–H and O–H groups in total. The zero-order valence-corrected chi connectivity index (χ0v) is 14.9. The third-order valence-electron chi connectivity index (χ3n) is 3.44. The molecule has 0 saturated carbocycles. The van der Waals surface area contributed by atoms with Gasteiger partial charge in [0.1, 0.15) is 5.25 Å². The average Bonchev–Trinajstić information content (AvgIpc) is 2.93. The number of ether oxygens (including phenoxy) is 1. The normalized spacial score (nSPS) is 12.1. The first kappa shape index (κ1) is 18.3. The fourth-order valence-corrected chi connectivity index (χ4v) is 3.40. The quantitative estimate of drug-likeness (QED) is 0.577. The van der Waals surface area contributed by atoms with E-state index < -0.39 is 5.25 Å². The molecule has 1 atom stereocenters. The van der Waals surface area contributed by atoms with Crippen molar-refractivity contribution in [3.63, 3.8) is 0 Å². The van der Waals surface area contributed by atoms with Crippen LogP contribution in [0, 0.1) is 0 Å². The van der Waals surface area contributed by atoms with Crippen LogP contribution in [0.4, 0.5) is 0 Å². The lowest BCUT2D eigenvalue weighted by molar-refractivity contribution is -0.128. The second kappa shape index (κ2) is 8.70. The molecule has 0 aliphatic rings. The van der Waals surface area contributed by atoms with E-state index in [2.05, 4.69) is 10.2 Å². The molecule has 2 aromatic rings. The van der Waals surface area contributed by atoms with E-state index in [0.717, 1.165) is 5.56 Å². The number of hydrogen-bond donors (Lipinski definition) is 1. The minimum Gasteiger partial charge on any atom is -0.385 e. The van der Waals surface area contributed by atoms with E-state index >= 15 is 0 Å². The first-order valence-corrected chi connectivity index (χ1v) is 8.49. The van der Waals surface area contributed by atoms with Crippen LogP contribution in [0.25, 0.3) is 0 Å². The maximum atomic E-state index is 12.6. The summed E-state index contributed by atoms with van der Waals surface area (Å²) in [5.41, 5.74) is 0.595. The van der Waals surface area contributed by atoms with Gasteiger partial charge in [0.05, 0.1) is 0 Å². The van der Waals surface area contributed by atoms with Crippen LogP contribution in [0.1, 0.15) is 17.2 Å². The summed E-state index contributed by atoms with van der Waals surface area (Å²) in [6, 6.07) is 9.49. The number of nitrogens with one attached hydrogen (secondary N) is 1. The second-order valence-corrected chi connectivity index (χ2v) is 6.52. The number of carbonyl (C=O) groups is 1. The van der Waals surface area contributed by atoms with Crippen molar-refractivity contribution in [3.8, 4) is 0 Å². The summed E-state index contributed by atoms with van der Waals surface area (Å²) in [5.74, 6) is -0.0508. The van der Waals surface area contributed by atoms with Gasteiger partial charge in [0.2, 0.25) is 5.91 Å². The van der Waals surface area contributed by atoms with Crippen LogP contribution < -0.4 is 5.69 Å². The highest BCUT2D eigenvalue weighted by Gasteiger charge is 2.26. The number of benzene rings is 1. The van der Waals surface area contributed by atoms with Crippen LogP contribution in [-0.4, -0.2) is 53.4 Å². The molecule has 0 aliphatic heterocycles. The molecule has 1 aromatic heterocycles. The Balaban J connectivity index is 2.27. The van der Waals surface area contributed by atoms with Crippen LogP contribution in [0.3, 0.4) is 0 Å². The molecule has 1 heterocycles. The van der Waals surface area contributed by atoms with E-state index in [1.165, 1.54) is 11.8 Å². The average molecular weight is 350 g/mol. The lowest BCUT2D eigenvalue weighted by Gasteiger charge is -2.20. The third-order valence-corrected chi connectivity index (χ3v) is 4.68. The summed E-state index contributed by atoms with van der Waals surface area (Å²) >= 11 is 1.27. The maximum Gasteiger partial charge on any atom is 0.343 e. The van der Waals surface area contributed by atoms with Crippen LogP contribution in [-0.2, 0) is 16.1 Å². The summed E-state index contributed by atoms with van der Waals surface area (Å²) in [6.45, 7) is 1.05. The number of rotatable bonds is 8. The predicted molar refractivity (Wildman–Crippen MR) is 93.1 cm³/mol. The van der Waals surface area contributed by atoms with E-state index in [0.29, 0.717) is 24.7 Å². The zero-order valence-electron chi connectivity index (χ0n) is 14.1. The number of likely N-dealkylation sites (N-methyl/N-ethyl adjacent to an activating group) is 1. The van der Waals surface area contributed by atoms with Crippen LogP contribution in [0.5, 0.6) is 0 Å². The lowest BCUT2D eigenvalue weighted by atomic mass is 10.1. The molecule has 7 nitrogen and oxygen atoms in total. The Morgan fingerprint density at radius 2 is 2.08 bits per heavy atom. The molecular formula is C16H22N4O3S. The fraction of sp³-hybridized carbons (Fsp3) is 0.438. The zero-order chi connectivity index (χ0) is 17.5. The molecule has 0 fully saturated rings. The number of aromatic nitrogens is 3. The SMILES string of the molecule is COCCCn1c(SC(C(=O)N(C)C)c2ccccc2)n[nH]c1=O. The highest BCUT2D eigenvalue weighted by Crippen LogP contribution is 2.34. The predicted octanol–water partition coefficient (Wildman–Crippen LogP) is 1.53. The van der Waals surface area contributed by atoms with Gasteiger partial charge in [0.25, 0.3) is 0 Å². The number of thioether (sulfide) groups is 1. The number of hydrogen-bond acceptors (Lipinski definition) is 5. The molecule has 2 rings (SSSR count). The molecule has 24 heavy (non-hydrogen) atoms. The van der Waals surface area contributed by atoms with Gasteiger partial charge in [-0.3, -0.25) is 9.36 Å². The minimum absolute atomic E-state index is 0.0508. The number of aromatic amines is 1. The van der Waals surface area contributed by atoms with E-state index in [1.807, 2.05) is 30.3 Å². The van der Waals surface area contributed by atoms with Crippen LogP contribution in [0.15, 0.2) is 40.3 Å². The first-order chi connectivity index (χ1) is 11.5. The Morgan fingerprint density at radius 3 is 2.71 bits per heavy atom. The summed E-state index contributed by atoms with van der Waals surface area (Å²) in [7, 11) is 5.05.